The summed E-state index contributed by atoms with van der Waals surface area (Å²) in [6, 6.07) is 17.2. The van der Waals surface area contributed by atoms with E-state index >= 15 is 0 Å². The molecule has 1 N–H and O–H groups in total. The Morgan fingerprint density at radius 2 is 2.00 bits per heavy atom. The molecule has 2 aromatic rings. The average molecular weight is 277 g/mol. The third-order valence-corrected chi connectivity index (χ3v) is 4.30. The van der Waals surface area contributed by atoms with Crippen LogP contribution >= 0.6 is 0 Å². The molecule has 1 heterocycles. The van der Waals surface area contributed by atoms with Crippen LogP contribution in [0.3, 0.4) is 0 Å². The number of aromatic nitrogens is 1. The summed E-state index contributed by atoms with van der Waals surface area (Å²) in [6.07, 6.45) is 6.49. The van der Waals surface area contributed by atoms with Crippen molar-refractivity contribution in [3.8, 4) is 6.07 Å². The van der Waals surface area contributed by atoms with Gasteiger partial charge in [-0.15, -0.1) is 0 Å². The zero-order chi connectivity index (χ0) is 14.5. The van der Waals surface area contributed by atoms with Crippen LogP contribution in [-0.4, -0.2) is 17.6 Å². The molecule has 21 heavy (non-hydrogen) atoms. The van der Waals surface area contributed by atoms with Gasteiger partial charge in [-0.3, -0.25) is 4.98 Å². The smallest absolute Gasteiger partial charge is 0.0852 e. The van der Waals surface area contributed by atoms with Gasteiger partial charge in [-0.2, -0.15) is 5.26 Å². The summed E-state index contributed by atoms with van der Waals surface area (Å²) in [6.45, 7) is 0.937. The van der Waals surface area contributed by atoms with Gasteiger partial charge in [0.15, 0.2) is 0 Å². The highest BCUT2D eigenvalue weighted by atomic mass is 14.9. The summed E-state index contributed by atoms with van der Waals surface area (Å²) in [5.74, 6) is 0. The third-order valence-electron chi connectivity index (χ3n) is 4.30. The van der Waals surface area contributed by atoms with Crippen LogP contribution < -0.4 is 5.32 Å². The number of hydrogen-bond acceptors (Lipinski definition) is 3. The quantitative estimate of drug-likeness (QED) is 0.914. The summed E-state index contributed by atoms with van der Waals surface area (Å²) in [7, 11) is 0. The van der Waals surface area contributed by atoms with Gasteiger partial charge in [0.2, 0.25) is 0 Å². The molecule has 1 aromatic heterocycles. The lowest BCUT2D eigenvalue weighted by Gasteiger charge is -2.43. The van der Waals surface area contributed by atoms with Crippen LogP contribution in [0.2, 0.25) is 0 Å². The zero-order valence-corrected chi connectivity index (χ0v) is 12.0. The van der Waals surface area contributed by atoms with E-state index in [1.54, 1.807) is 6.20 Å². The van der Waals surface area contributed by atoms with Gasteiger partial charge < -0.3 is 5.32 Å². The summed E-state index contributed by atoms with van der Waals surface area (Å²) < 4.78 is 0. The van der Waals surface area contributed by atoms with E-state index in [0.29, 0.717) is 6.04 Å². The van der Waals surface area contributed by atoms with Crippen LogP contribution in [-0.2, 0) is 11.8 Å². The maximum atomic E-state index is 9.53. The largest absolute Gasteiger partial charge is 0.314 e. The molecule has 106 valence electrons. The molecule has 1 aliphatic carbocycles. The number of nitriles is 1. The number of pyridine rings is 1. The molecule has 1 aromatic carbocycles. The Kier molecular flexibility index (Phi) is 3.98. The van der Waals surface area contributed by atoms with Gasteiger partial charge in [-0.1, -0.05) is 36.4 Å². The summed E-state index contributed by atoms with van der Waals surface area (Å²) >= 11 is 0. The van der Waals surface area contributed by atoms with E-state index < -0.39 is 0 Å². The molecule has 0 amide bonds. The normalized spacial score (nSPS) is 24.0. The minimum absolute atomic E-state index is 0.284. The Hall–Kier alpha value is -2.18. The van der Waals surface area contributed by atoms with E-state index in [9.17, 15) is 5.26 Å². The first kappa shape index (κ1) is 13.8. The van der Waals surface area contributed by atoms with Crippen molar-refractivity contribution in [2.45, 2.75) is 30.7 Å². The predicted octanol–water partition coefficient (Wildman–Crippen LogP) is 2.84. The SMILES string of the molecule is N#CC1(c2ccccc2)CC(NCCc2cccnc2)C1. The fourth-order valence-corrected chi connectivity index (χ4v) is 3.04. The highest BCUT2D eigenvalue weighted by molar-refractivity contribution is 5.36. The maximum Gasteiger partial charge on any atom is 0.0852 e. The van der Waals surface area contributed by atoms with E-state index in [-0.39, 0.29) is 5.41 Å². The van der Waals surface area contributed by atoms with Gasteiger partial charge in [-0.25, -0.2) is 0 Å². The fourth-order valence-electron chi connectivity index (χ4n) is 3.04. The Morgan fingerprint density at radius 3 is 2.67 bits per heavy atom. The number of nitrogens with zero attached hydrogens (tertiary/aromatic N) is 2. The molecule has 1 saturated carbocycles. The summed E-state index contributed by atoms with van der Waals surface area (Å²) in [5, 5.41) is 13.1. The molecule has 0 unspecified atom stereocenters. The molecule has 0 spiro atoms. The number of hydrogen-bond donors (Lipinski definition) is 1. The highest BCUT2D eigenvalue weighted by Crippen LogP contribution is 2.43. The molecule has 0 radical (unpaired) electrons. The van der Waals surface area contributed by atoms with E-state index in [0.717, 1.165) is 31.4 Å². The first-order valence-electron chi connectivity index (χ1n) is 7.41. The van der Waals surface area contributed by atoms with Gasteiger partial charge in [0.1, 0.15) is 0 Å². The van der Waals surface area contributed by atoms with Crippen LogP contribution in [0.25, 0.3) is 0 Å². The first-order chi connectivity index (χ1) is 10.3. The lowest BCUT2D eigenvalue weighted by molar-refractivity contribution is 0.228. The molecular weight excluding hydrogens is 258 g/mol. The predicted molar refractivity (Wildman–Crippen MR) is 82.7 cm³/mol. The molecule has 1 fully saturated rings. The van der Waals surface area contributed by atoms with Crippen molar-refractivity contribution in [3.05, 3.63) is 66.0 Å². The molecule has 3 rings (SSSR count). The van der Waals surface area contributed by atoms with Crippen molar-refractivity contribution in [1.29, 1.82) is 5.26 Å². The Balaban J connectivity index is 1.50. The van der Waals surface area contributed by atoms with Crippen LogP contribution in [0.5, 0.6) is 0 Å². The zero-order valence-electron chi connectivity index (χ0n) is 12.0. The molecule has 0 saturated heterocycles. The maximum absolute atomic E-state index is 9.53. The fraction of sp³-hybridized carbons (Fsp3) is 0.333. The van der Waals surface area contributed by atoms with Crippen LogP contribution in [0.4, 0.5) is 0 Å². The van der Waals surface area contributed by atoms with Crippen molar-refractivity contribution in [3.63, 3.8) is 0 Å². The number of benzene rings is 1. The standard InChI is InChI=1S/C18H19N3/c19-14-18(16-6-2-1-3-7-16)11-17(12-18)21-10-8-15-5-4-9-20-13-15/h1-7,9,13,17,21H,8,10-12H2. The van der Waals surface area contributed by atoms with Gasteiger partial charge in [0.05, 0.1) is 11.5 Å². The van der Waals surface area contributed by atoms with Gasteiger partial charge in [0.25, 0.3) is 0 Å². The third kappa shape index (κ3) is 2.96. The summed E-state index contributed by atoms with van der Waals surface area (Å²) in [4.78, 5) is 4.12. The Morgan fingerprint density at radius 1 is 1.19 bits per heavy atom. The molecular formula is C18H19N3. The minimum Gasteiger partial charge on any atom is -0.314 e. The molecule has 3 heteroatoms. The molecule has 0 bridgehead atoms. The minimum atomic E-state index is -0.284. The second-order valence-corrected chi connectivity index (χ2v) is 5.73. The average Bonchev–Trinajstić information content (AvgIpc) is 2.52. The van der Waals surface area contributed by atoms with Crippen molar-refractivity contribution in [1.82, 2.24) is 10.3 Å². The summed E-state index contributed by atoms with van der Waals surface area (Å²) in [5.41, 5.74) is 2.12. The topological polar surface area (TPSA) is 48.7 Å². The molecule has 1 aliphatic rings. The Bertz CT molecular complexity index is 610. The van der Waals surface area contributed by atoms with Gasteiger partial charge in [0, 0.05) is 18.4 Å². The first-order valence-corrected chi connectivity index (χ1v) is 7.41. The van der Waals surface area contributed by atoms with E-state index in [1.807, 2.05) is 30.5 Å². The van der Waals surface area contributed by atoms with Gasteiger partial charge in [-0.05, 0) is 43.0 Å². The molecule has 0 aliphatic heterocycles. The molecule has 0 atom stereocenters. The van der Waals surface area contributed by atoms with Crippen LogP contribution in [0.15, 0.2) is 54.9 Å². The van der Waals surface area contributed by atoms with Crippen molar-refractivity contribution >= 4 is 0 Å². The van der Waals surface area contributed by atoms with Crippen molar-refractivity contribution < 1.29 is 0 Å². The number of rotatable bonds is 5. The lowest BCUT2D eigenvalue weighted by atomic mass is 9.62. The van der Waals surface area contributed by atoms with Crippen molar-refractivity contribution in [2.75, 3.05) is 6.54 Å². The Labute approximate surface area is 125 Å². The lowest BCUT2D eigenvalue weighted by Crippen LogP contribution is -2.51. The van der Waals surface area contributed by atoms with E-state index in [1.165, 1.54) is 5.56 Å². The van der Waals surface area contributed by atoms with E-state index in [2.05, 4.69) is 34.6 Å². The highest BCUT2D eigenvalue weighted by Gasteiger charge is 2.45. The van der Waals surface area contributed by atoms with Crippen LogP contribution in [0, 0.1) is 11.3 Å². The second kappa shape index (κ2) is 6.07. The number of nitrogens with one attached hydrogen (secondary N) is 1. The monoisotopic (exact) mass is 277 g/mol. The van der Waals surface area contributed by atoms with E-state index in [4.69, 9.17) is 0 Å². The van der Waals surface area contributed by atoms with Crippen molar-refractivity contribution in [2.24, 2.45) is 0 Å². The second-order valence-electron chi connectivity index (χ2n) is 5.73. The van der Waals surface area contributed by atoms with Crippen LogP contribution in [0.1, 0.15) is 24.0 Å². The molecule has 3 nitrogen and oxygen atoms in total. The van der Waals surface area contributed by atoms with Gasteiger partial charge >= 0.3 is 0 Å².